The lowest BCUT2D eigenvalue weighted by molar-refractivity contribution is -0.125. The minimum Gasteiger partial charge on any atom is -0.345 e. The van der Waals surface area contributed by atoms with E-state index in [1.165, 1.54) is 5.56 Å². The van der Waals surface area contributed by atoms with E-state index in [9.17, 15) is 4.79 Å². The minimum atomic E-state index is -0.456. The Morgan fingerprint density at radius 2 is 2.00 bits per heavy atom. The van der Waals surface area contributed by atoms with Gasteiger partial charge in [-0.05, 0) is 43.9 Å². The molecule has 1 aliphatic rings. The van der Waals surface area contributed by atoms with Crippen LogP contribution in [0.2, 0.25) is 0 Å². The summed E-state index contributed by atoms with van der Waals surface area (Å²) >= 11 is 3.42. The Morgan fingerprint density at radius 3 is 2.41 bits per heavy atom. The fourth-order valence-corrected chi connectivity index (χ4v) is 2.40. The van der Waals surface area contributed by atoms with Crippen LogP contribution in [0.5, 0.6) is 0 Å². The Morgan fingerprint density at radius 1 is 1.41 bits per heavy atom. The molecule has 0 saturated heterocycles. The first-order valence-electron chi connectivity index (χ1n) is 5.87. The molecule has 0 radical (unpaired) electrons. The van der Waals surface area contributed by atoms with Crippen molar-refractivity contribution in [2.45, 2.75) is 37.8 Å². The molecule has 1 saturated carbocycles. The molecule has 4 heteroatoms. The summed E-state index contributed by atoms with van der Waals surface area (Å²) in [5.41, 5.74) is 6.58. The molecule has 0 heterocycles. The van der Waals surface area contributed by atoms with Gasteiger partial charge in [0.25, 0.3) is 0 Å². The molecule has 1 aliphatic carbocycles. The predicted molar refractivity (Wildman–Crippen MR) is 71.5 cm³/mol. The standard InChI is InChI=1S/C13H17BrN2O/c1-9(15)12(17)16-13(7-2-8-13)10-3-5-11(14)6-4-10/h3-6,9H,2,7-8,15H2,1H3,(H,16,17)/t9-/m0/s1. The highest BCUT2D eigenvalue weighted by Gasteiger charge is 2.40. The van der Waals surface area contributed by atoms with Crippen molar-refractivity contribution in [2.75, 3.05) is 0 Å². The van der Waals surface area contributed by atoms with Crippen molar-refractivity contribution in [3.8, 4) is 0 Å². The molecule has 1 fully saturated rings. The fourth-order valence-electron chi connectivity index (χ4n) is 2.13. The third kappa shape index (κ3) is 2.53. The van der Waals surface area contributed by atoms with E-state index >= 15 is 0 Å². The molecule has 0 aromatic heterocycles. The number of amides is 1. The second-order valence-corrected chi connectivity index (χ2v) is 5.64. The van der Waals surface area contributed by atoms with E-state index in [0.29, 0.717) is 0 Å². The second kappa shape index (κ2) is 4.78. The molecule has 3 nitrogen and oxygen atoms in total. The van der Waals surface area contributed by atoms with Crippen LogP contribution in [0.25, 0.3) is 0 Å². The maximum atomic E-state index is 11.7. The Kier molecular flexibility index (Phi) is 3.54. The number of hydrogen-bond acceptors (Lipinski definition) is 2. The zero-order valence-electron chi connectivity index (χ0n) is 9.87. The van der Waals surface area contributed by atoms with E-state index in [2.05, 4.69) is 33.4 Å². The van der Waals surface area contributed by atoms with Crippen molar-refractivity contribution >= 4 is 21.8 Å². The van der Waals surface area contributed by atoms with Crippen molar-refractivity contribution in [1.29, 1.82) is 0 Å². The number of nitrogens with one attached hydrogen (secondary N) is 1. The van der Waals surface area contributed by atoms with Gasteiger partial charge in [-0.25, -0.2) is 0 Å². The van der Waals surface area contributed by atoms with E-state index in [0.717, 1.165) is 23.7 Å². The lowest BCUT2D eigenvalue weighted by Gasteiger charge is -2.43. The van der Waals surface area contributed by atoms with E-state index in [-0.39, 0.29) is 11.4 Å². The van der Waals surface area contributed by atoms with E-state index in [1.807, 2.05) is 12.1 Å². The van der Waals surface area contributed by atoms with Crippen LogP contribution in [-0.4, -0.2) is 11.9 Å². The van der Waals surface area contributed by atoms with Crippen LogP contribution in [0.1, 0.15) is 31.7 Å². The van der Waals surface area contributed by atoms with Crippen LogP contribution >= 0.6 is 15.9 Å². The summed E-state index contributed by atoms with van der Waals surface area (Å²) in [6.07, 6.45) is 3.13. The van der Waals surface area contributed by atoms with Crippen LogP contribution in [-0.2, 0) is 10.3 Å². The van der Waals surface area contributed by atoms with Crippen LogP contribution in [0.3, 0.4) is 0 Å². The van der Waals surface area contributed by atoms with Gasteiger partial charge >= 0.3 is 0 Å². The van der Waals surface area contributed by atoms with Gasteiger partial charge in [0.05, 0.1) is 11.6 Å². The molecular formula is C13H17BrN2O. The Labute approximate surface area is 110 Å². The van der Waals surface area contributed by atoms with Crippen molar-refractivity contribution in [3.63, 3.8) is 0 Å². The van der Waals surface area contributed by atoms with Crippen molar-refractivity contribution < 1.29 is 4.79 Å². The van der Waals surface area contributed by atoms with Crippen LogP contribution in [0.15, 0.2) is 28.7 Å². The van der Waals surface area contributed by atoms with Gasteiger partial charge in [-0.1, -0.05) is 28.1 Å². The highest BCUT2D eigenvalue weighted by molar-refractivity contribution is 9.10. The highest BCUT2D eigenvalue weighted by atomic mass is 79.9. The number of benzene rings is 1. The van der Waals surface area contributed by atoms with E-state index in [4.69, 9.17) is 5.73 Å². The van der Waals surface area contributed by atoms with Gasteiger partial charge in [0.15, 0.2) is 0 Å². The van der Waals surface area contributed by atoms with Crippen LogP contribution in [0, 0.1) is 0 Å². The van der Waals surface area contributed by atoms with Crippen LogP contribution in [0.4, 0.5) is 0 Å². The number of rotatable bonds is 3. The van der Waals surface area contributed by atoms with Gasteiger partial charge in [0.1, 0.15) is 0 Å². The molecule has 0 unspecified atom stereocenters. The van der Waals surface area contributed by atoms with Crippen molar-refractivity contribution in [1.82, 2.24) is 5.32 Å². The molecule has 92 valence electrons. The third-order valence-corrected chi connectivity index (χ3v) is 3.91. The molecule has 1 atom stereocenters. The quantitative estimate of drug-likeness (QED) is 0.899. The van der Waals surface area contributed by atoms with Gasteiger partial charge in [-0.2, -0.15) is 0 Å². The largest absolute Gasteiger partial charge is 0.345 e. The summed E-state index contributed by atoms with van der Waals surface area (Å²) in [5.74, 6) is -0.0763. The third-order valence-electron chi connectivity index (χ3n) is 3.38. The van der Waals surface area contributed by atoms with Gasteiger partial charge in [-0.15, -0.1) is 0 Å². The number of halogens is 1. The summed E-state index contributed by atoms with van der Waals surface area (Å²) in [6, 6.07) is 7.68. The average Bonchev–Trinajstić information content (AvgIpc) is 2.24. The Hall–Kier alpha value is -0.870. The normalized spacial score (nSPS) is 19.2. The lowest BCUT2D eigenvalue weighted by atomic mass is 9.71. The first-order valence-corrected chi connectivity index (χ1v) is 6.66. The zero-order chi connectivity index (χ0) is 12.5. The number of carbonyl (C=O) groups excluding carboxylic acids is 1. The molecule has 17 heavy (non-hydrogen) atoms. The summed E-state index contributed by atoms with van der Waals surface area (Å²) in [6.45, 7) is 1.71. The topological polar surface area (TPSA) is 55.1 Å². The van der Waals surface area contributed by atoms with Crippen molar-refractivity contribution in [3.05, 3.63) is 34.3 Å². The molecule has 1 aromatic rings. The first kappa shape index (κ1) is 12.6. The second-order valence-electron chi connectivity index (χ2n) is 4.72. The molecule has 3 N–H and O–H groups in total. The zero-order valence-corrected chi connectivity index (χ0v) is 11.5. The number of carbonyl (C=O) groups is 1. The summed E-state index contributed by atoms with van der Waals surface area (Å²) in [5, 5.41) is 3.09. The molecule has 1 amide bonds. The summed E-state index contributed by atoms with van der Waals surface area (Å²) in [7, 11) is 0. The molecular weight excluding hydrogens is 280 g/mol. The Balaban J connectivity index is 2.20. The van der Waals surface area contributed by atoms with Gasteiger partial charge < -0.3 is 11.1 Å². The molecule has 0 bridgehead atoms. The van der Waals surface area contributed by atoms with Gasteiger partial charge in [0, 0.05) is 4.47 Å². The van der Waals surface area contributed by atoms with Gasteiger partial charge in [0.2, 0.25) is 5.91 Å². The van der Waals surface area contributed by atoms with E-state index < -0.39 is 6.04 Å². The maximum Gasteiger partial charge on any atom is 0.237 e. The molecule has 0 aliphatic heterocycles. The highest BCUT2D eigenvalue weighted by Crippen LogP contribution is 2.41. The lowest BCUT2D eigenvalue weighted by Crippen LogP contribution is -2.54. The smallest absolute Gasteiger partial charge is 0.237 e. The molecule has 1 aromatic carbocycles. The average molecular weight is 297 g/mol. The van der Waals surface area contributed by atoms with Gasteiger partial charge in [-0.3, -0.25) is 4.79 Å². The molecule has 2 rings (SSSR count). The summed E-state index contributed by atoms with van der Waals surface area (Å²) < 4.78 is 1.05. The minimum absolute atomic E-state index is 0.0763. The van der Waals surface area contributed by atoms with E-state index in [1.54, 1.807) is 6.92 Å². The number of hydrogen-bond donors (Lipinski definition) is 2. The number of nitrogens with two attached hydrogens (primary N) is 1. The summed E-state index contributed by atoms with van der Waals surface area (Å²) in [4.78, 5) is 11.7. The fraction of sp³-hybridized carbons (Fsp3) is 0.462. The maximum absolute atomic E-state index is 11.7. The first-order chi connectivity index (χ1) is 8.03. The molecule has 0 spiro atoms. The predicted octanol–water partition coefficient (Wildman–Crippen LogP) is 2.29. The Bertz CT molecular complexity index is 410. The SMILES string of the molecule is C[C@H](N)C(=O)NC1(c2ccc(Br)cc2)CCC1. The monoisotopic (exact) mass is 296 g/mol. The van der Waals surface area contributed by atoms with Crippen LogP contribution < -0.4 is 11.1 Å². The van der Waals surface area contributed by atoms with Crippen molar-refractivity contribution in [2.24, 2.45) is 5.73 Å².